The van der Waals surface area contributed by atoms with Crippen LogP contribution in [0.15, 0.2) is 23.8 Å². The first kappa shape index (κ1) is 16.1. The molecule has 4 heterocycles. The number of carbonyl (C=O) groups excluding carboxylic acids is 1. The predicted octanol–water partition coefficient (Wildman–Crippen LogP) is 1.80. The van der Waals surface area contributed by atoms with Crippen LogP contribution >= 0.6 is 11.3 Å². The summed E-state index contributed by atoms with van der Waals surface area (Å²) < 4.78 is 13.1. The van der Waals surface area contributed by atoms with Gasteiger partial charge in [0, 0.05) is 30.9 Å². The number of hydrogen-bond acceptors (Lipinski definition) is 6. The summed E-state index contributed by atoms with van der Waals surface area (Å²) in [7, 11) is 0. The summed E-state index contributed by atoms with van der Waals surface area (Å²) in [5.41, 5.74) is 0. The zero-order valence-corrected chi connectivity index (χ0v) is 15.1. The van der Waals surface area contributed by atoms with Gasteiger partial charge in [-0.1, -0.05) is 0 Å². The molecule has 0 aromatic carbocycles. The summed E-state index contributed by atoms with van der Waals surface area (Å²) in [6.45, 7) is 2.42. The molecule has 2 aliphatic heterocycles. The van der Waals surface area contributed by atoms with Crippen LogP contribution in [0.3, 0.4) is 0 Å². The molecule has 2 aromatic rings. The number of aliphatic hydroxyl groups excluding tert-OH is 1. The van der Waals surface area contributed by atoms with Crippen LogP contribution in [0.4, 0.5) is 0 Å². The number of amides is 1. The standard InChI is InChI=1S/C18H21N3O4S/c22-14-7-12-9-20(8-11(12)6-13(14)21-3-1-2-19-21)18(23)17-16-15(10-26-17)24-4-5-25-16/h1-3,10-14,22H,4-9H2/t11-,12+,13-,14-/m1/s1. The minimum atomic E-state index is -0.419. The van der Waals surface area contributed by atoms with Gasteiger partial charge < -0.3 is 19.5 Å². The first-order valence-electron chi connectivity index (χ1n) is 9.04. The minimum absolute atomic E-state index is 0.00691. The van der Waals surface area contributed by atoms with Gasteiger partial charge in [-0.05, 0) is 30.7 Å². The molecule has 26 heavy (non-hydrogen) atoms. The van der Waals surface area contributed by atoms with E-state index >= 15 is 0 Å². The number of nitrogens with zero attached hydrogens (tertiary/aromatic N) is 3. The topological polar surface area (TPSA) is 76.8 Å². The van der Waals surface area contributed by atoms with E-state index in [1.54, 1.807) is 6.20 Å². The van der Waals surface area contributed by atoms with Crippen molar-refractivity contribution in [1.82, 2.24) is 14.7 Å². The number of aromatic nitrogens is 2. The third kappa shape index (κ3) is 2.59. The molecule has 2 fully saturated rings. The Morgan fingerprint density at radius 2 is 2.04 bits per heavy atom. The summed E-state index contributed by atoms with van der Waals surface area (Å²) in [5, 5.41) is 16.7. The predicted molar refractivity (Wildman–Crippen MR) is 94.7 cm³/mol. The number of hydrogen-bond donors (Lipinski definition) is 1. The van der Waals surface area contributed by atoms with Crippen LogP contribution in [0.5, 0.6) is 11.5 Å². The quantitative estimate of drug-likeness (QED) is 0.866. The highest BCUT2D eigenvalue weighted by molar-refractivity contribution is 7.12. The molecule has 3 aliphatic rings. The number of aliphatic hydroxyl groups is 1. The molecule has 0 bridgehead atoms. The highest BCUT2D eigenvalue weighted by Crippen LogP contribution is 2.44. The second-order valence-electron chi connectivity index (χ2n) is 7.28. The summed E-state index contributed by atoms with van der Waals surface area (Å²) in [4.78, 5) is 15.6. The van der Waals surface area contributed by atoms with Crippen molar-refractivity contribution in [3.63, 3.8) is 0 Å². The van der Waals surface area contributed by atoms with Crippen molar-refractivity contribution in [1.29, 1.82) is 0 Å². The number of rotatable bonds is 2. The third-order valence-electron chi connectivity index (χ3n) is 5.76. The zero-order valence-electron chi connectivity index (χ0n) is 14.3. The molecule has 1 N–H and O–H groups in total. The molecule has 4 atom stereocenters. The van der Waals surface area contributed by atoms with Crippen LogP contribution < -0.4 is 9.47 Å². The van der Waals surface area contributed by atoms with E-state index in [9.17, 15) is 9.90 Å². The second kappa shape index (κ2) is 6.28. The number of likely N-dealkylation sites (tertiary alicyclic amines) is 1. The van der Waals surface area contributed by atoms with Crippen molar-refractivity contribution in [2.24, 2.45) is 11.8 Å². The Hall–Kier alpha value is -2.06. The number of ether oxygens (including phenoxy) is 2. The fraction of sp³-hybridized carbons (Fsp3) is 0.556. The highest BCUT2D eigenvalue weighted by atomic mass is 32.1. The van der Waals surface area contributed by atoms with Gasteiger partial charge in [0.25, 0.3) is 5.91 Å². The molecule has 1 aliphatic carbocycles. The van der Waals surface area contributed by atoms with Gasteiger partial charge in [-0.25, -0.2) is 0 Å². The lowest BCUT2D eigenvalue weighted by Gasteiger charge is -2.35. The van der Waals surface area contributed by atoms with E-state index in [2.05, 4.69) is 5.10 Å². The Bertz CT molecular complexity index is 805. The monoisotopic (exact) mass is 375 g/mol. The average Bonchev–Trinajstić information content (AvgIpc) is 3.39. The van der Waals surface area contributed by atoms with Gasteiger partial charge in [-0.15, -0.1) is 11.3 Å². The SMILES string of the molecule is O=C(c1scc2c1OCCO2)N1C[C@H]2C[C@@H](n3cccn3)[C@H](O)C[C@H]2C1. The van der Waals surface area contributed by atoms with Crippen molar-refractivity contribution in [2.45, 2.75) is 25.0 Å². The van der Waals surface area contributed by atoms with Crippen LogP contribution in [0.25, 0.3) is 0 Å². The lowest BCUT2D eigenvalue weighted by molar-refractivity contribution is 0.0306. The van der Waals surface area contributed by atoms with Crippen molar-refractivity contribution < 1.29 is 19.4 Å². The lowest BCUT2D eigenvalue weighted by atomic mass is 9.77. The van der Waals surface area contributed by atoms with Crippen molar-refractivity contribution in [3.05, 3.63) is 28.7 Å². The maximum atomic E-state index is 13.0. The molecule has 138 valence electrons. The molecule has 5 rings (SSSR count). The van der Waals surface area contributed by atoms with E-state index in [0.29, 0.717) is 54.4 Å². The average molecular weight is 375 g/mol. The molecular formula is C18H21N3O4S. The summed E-state index contributed by atoms with van der Waals surface area (Å²) >= 11 is 1.39. The third-order valence-corrected chi connectivity index (χ3v) is 6.68. The number of thiophene rings is 1. The summed E-state index contributed by atoms with van der Waals surface area (Å²) in [5.74, 6) is 2.02. The first-order chi connectivity index (χ1) is 12.7. The number of fused-ring (bicyclic) bond motifs is 2. The normalized spacial score (nSPS) is 30.3. The van der Waals surface area contributed by atoms with Gasteiger partial charge in [0.1, 0.15) is 18.1 Å². The molecular weight excluding hydrogens is 354 g/mol. The minimum Gasteiger partial charge on any atom is -0.485 e. The molecule has 7 nitrogen and oxygen atoms in total. The van der Waals surface area contributed by atoms with Crippen molar-refractivity contribution in [2.75, 3.05) is 26.3 Å². The molecule has 1 saturated carbocycles. The maximum absolute atomic E-state index is 13.0. The fourth-order valence-electron chi connectivity index (χ4n) is 4.49. The Balaban J connectivity index is 1.33. The van der Waals surface area contributed by atoms with E-state index in [0.717, 1.165) is 13.0 Å². The Labute approximate surface area is 155 Å². The summed E-state index contributed by atoms with van der Waals surface area (Å²) in [6, 6.07) is 1.87. The lowest BCUT2D eigenvalue weighted by Crippen LogP contribution is -2.36. The van der Waals surface area contributed by atoms with Gasteiger partial charge in [0.2, 0.25) is 0 Å². The molecule has 1 saturated heterocycles. The van der Waals surface area contributed by atoms with E-state index in [1.165, 1.54) is 11.3 Å². The van der Waals surface area contributed by atoms with Crippen LogP contribution in [0.1, 0.15) is 28.6 Å². The molecule has 0 spiro atoms. The molecule has 8 heteroatoms. The van der Waals surface area contributed by atoms with E-state index in [4.69, 9.17) is 9.47 Å². The molecule has 0 radical (unpaired) electrons. The fourth-order valence-corrected chi connectivity index (χ4v) is 5.38. The first-order valence-corrected chi connectivity index (χ1v) is 9.92. The van der Waals surface area contributed by atoms with Gasteiger partial charge in [0.15, 0.2) is 11.5 Å². The van der Waals surface area contributed by atoms with Crippen molar-refractivity contribution in [3.8, 4) is 11.5 Å². The Morgan fingerprint density at radius 3 is 2.85 bits per heavy atom. The molecule has 1 amide bonds. The van der Waals surface area contributed by atoms with Crippen LogP contribution in [-0.4, -0.2) is 58.1 Å². The van der Waals surface area contributed by atoms with Gasteiger partial charge in [-0.3, -0.25) is 9.48 Å². The summed E-state index contributed by atoms with van der Waals surface area (Å²) in [6.07, 6.45) is 4.78. The van der Waals surface area contributed by atoms with Crippen LogP contribution in [-0.2, 0) is 0 Å². The largest absolute Gasteiger partial charge is 0.485 e. The Morgan fingerprint density at radius 1 is 1.23 bits per heavy atom. The van der Waals surface area contributed by atoms with E-state index in [-0.39, 0.29) is 11.9 Å². The molecule has 0 unspecified atom stereocenters. The second-order valence-corrected chi connectivity index (χ2v) is 8.16. The smallest absolute Gasteiger partial charge is 0.267 e. The number of carbonyl (C=O) groups is 1. The van der Waals surface area contributed by atoms with Crippen LogP contribution in [0.2, 0.25) is 0 Å². The highest BCUT2D eigenvalue weighted by Gasteiger charge is 2.44. The van der Waals surface area contributed by atoms with E-state index < -0.39 is 6.10 Å². The maximum Gasteiger partial charge on any atom is 0.267 e. The Kier molecular flexibility index (Phi) is 3.90. The van der Waals surface area contributed by atoms with E-state index in [1.807, 2.05) is 27.2 Å². The van der Waals surface area contributed by atoms with Crippen LogP contribution in [0, 0.1) is 11.8 Å². The van der Waals surface area contributed by atoms with Gasteiger partial charge in [0.05, 0.1) is 12.1 Å². The zero-order chi connectivity index (χ0) is 17.7. The van der Waals surface area contributed by atoms with Crippen molar-refractivity contribution >= 4 is 17.2 Å². The molecule has 2 aromatic heterocycles. The van der Waals surface area contributed by atoms with Gasteiger partial charge in [-0.2, -0.15) is 5.10 Å². The van der Waals surface area contributed by atoms with Gasteiger partial charge >= 0.3 is 0 Å².